The van der Waals surface area contributed by atoms with Gasteiger partial charge in [0.05, 0.1) is 11.6 Å². The van der Waals surface area contributed by atoms with Crippen molar-refractivity contribution in [2.45, 2.75) is 25.9 Å². The molecule has 0 bridgehead atoms. The van der Waals surface area contributed by atoms with Crippen molar-refractivity contribution in [3.63, 3.8) is 0 Å². The number of aryl methyl sites for hydroxylation is 2. The third-order valence-electron chi connectivity index (χ3n) is 3.84. The summed E-state index contributed by atoms with van der Waals surface area (Å²) in [6.07, 6.45) is 5.32. The first-order valence-corrected chi connectivity index (χ1v) is 9.11. The van der Waals surface area contributed by atoms with E-state index in [1.807, 2.05) is 24.4 Å². The van der Waals surface area contributed by atoms with Crippen molar-refractivity contribution in [3.8, 4) is 0 Å². The normalized spacial score (nSPS) is 10.8. The Bertz CT molecular complexity index is 812. The van der Waals surface area contributed by atoms with Gasteiger partial charge in [0.25, 0.3) is 5.91 Å². The minimum absolute atomic E-state index is 0.183. The van der Waals surface area contributed by atoms with Gasteiger partial charge in [0, 0.05) is 30.7 Å². The van der Waals surface area contributed by atoms with Crippen molar-refractivity contribution >= 4 is 17.2 Å². The van der Waals surface area contributed by atoms with E-state index in [1.165, 1.54) is 16.9 Å². The van der Waals surface area contributed by atoms with E-state index in [2.05, 4.69) is 32.0 Å². The van der Waals surface area contributed by atoms with E-state index in [9.17, 15) is 4.79 Å². The number of imidazole rings is 1. The lowest BCUT2D eigenvalue weighted by molar-refractivity contribution is 0.0945. The second-order valence-electron chi connectivity index (χ2n) is 5.62. The number of hydrogen-bond acceptors (Lipinski definition) is 5. The molecular weight excluding hydrogens is 334 g/mol. The second kappa shape index (κ2) is 8.55. The van der Waals surface area contributed by atoms with Gasteiger partial charge >= 0.3 is 0 Å². The fraction of sp³-hybridized carbons (Fsp3) is 0.278. The van der Waals surface area contributed by atoms with Crippen molar-refractivity contribution in [2.75, 3.05) is 6.54 Å². The van der Waals surface area contributed by atoms with Crippen LogP contribution in [0.3, 0.4) is 0 Å². The molecule has 0 saturated carbocycles. The van der Waals surface area contributed by atoms with Crippen LogP contribution in [0.1, 0.15) is 26.9 Å². The summed E-state index contributed by atoms with van der Waals surface area (Å²) in [4.78, 5) is 20.9. The smallest absolute Gasteiger partial charge is 0.271 e. The molecule has 0 aliphatic heterocycles. The fourth-order valence-electron chi connectivity index (χ4n) is 2.51. The van der Waals surface area contributed by atoms with Crippen molar-refractivity contribution in [2.24, 2.45) is 5.73 Å². The Morgan fingerprint density at radius 1 is 1.24 bits per heavy atom. The lowest BCUT2D eigenvalue weighted by atomic mass is 10.1. The maximum Gasteiger partial charge on any atom is 0.271 e. The van der Waals surface area contributed by atoms with Crippen LogP contribution >= 0.6 is 11.3 Å². The topological polar surface area (TPSA) is 85.8 Å². The molecule has 2 aromatic heterocycles. The standard InChI is InChI=1S/C18H21N5OS/c19-8-6-17-22-15(13-25-17)18(24)21-12-16-20-9-11-23(16)10-7-14-4-2-1-3-5-14/h1-5,9,11,13H,6-8,10,12,19H2,(H,21,24). The van der Waals surface area contributed by atoms with E-state index in [1.54, 1.807) is 11.6 Å². The molecule has 0 atom stereocenters. The van der Waals surface area contributed by atoms with Gasteiger partial charge in [-0.15, -0.1) is 11.3 Å². The molecule has 0 fully saturated rings. The molecule has 1 aromatic carbocycles. The van der Waals surface area contributed by atoms with Gasteiger partial charge in [-0.1, -0.05) is 30.3 Å². The molecule has 2 heterocycles. The zero-order valence-electron chi connectivity index (χ0n) is 13.9. The first kappa shape index (κ1) is 17.3. The van der Waals surface area contributed by atoms with Crippen molar-refractivity contribution in [1.82, 2.24) is 19.9 Å². The van der Waals surface area contributed by atoms with E-state index in [0.717, 1.165) is 23.8 Å². The summed E-state index contributed by atoms with van der Waals surface area (Å²) in [6, 6.07) is 10.3. The molecule has 0 unspecified atom stereocenters. The molecule has 25 heavy (non-hydrogen) atoms. The number of carbonyl (C=O) groups is 1. The predicted octanol–water partition coefficient (Wildman–Crippen LogP) is 2.01. The van der Waals surface area contributed by atoms with Gasteiger partial charge < -0.3 is 15.6 Å². The highest BCUT2D eigenvalue weighted by Gasteiger charge is 2.11. The fourth-order valence-corrected chi connectivity index (χ4v) is 3.30. The van der Waals surface area contributed by atoms with Crippen LogP contribution in [0.5, 0.6) is 0 Å². The lowest BCUT2D eigenvalue weighted by Crippen LogP contribution is -2.25. The van der Waals surface area contributed by atoms with E-state index in [-0.39, 0.29) is 5.91 Å². The second-order valence-corrected chi connectivity index (χ2v) is 6.56. The molecule has 6 nitrogen and oxygen atoms in total. The maximum atomic E-state index is 12.2. The molecule has 0 radical (unpaired) electrons. The number of nitrogens with zero attached hydrogens (tertiary/aromatic N) is 3. The highest BCUT2D eigenvalue weighted by Crippen LogP contribution is 2.10. The summed E-state index contributed by atoms with van der Waals surface area (Å²) in [5.74, 6) is 0.652. The summed E-state index contributed by atoms with van der Waals surface area (Å²) in [5.41, 5.74) is 7.23. The summed E-state index contributed by atoms with van der Waals surface area (Å²) < 4.78 is 2.06. The number of aromatic nitrogens is 3. The molecule has 3 rings (SSSR count). The molecule has 0 saturated heterocycles. The van der Waals surface area contributed by atoms with Gasteiger partial charge in [-0.25, -0.2) is 9.97 Å². The molecule has 0 aliphatic rings. The van der Waals surface area contributed by atoms with Crippen molar-refractivity contribution in [1.29, 1.82) is 0 Å². The summed E-state index contributed by atoms with van der Waals surface area (Å²) in [5, 5.41) is 5.54. The molecule has 7 heteroatoms. The highest BCUT2D eigenvalue weighted by molar-refractivity contribution is 7.09. The van der Waals surface area contributed by atoms with Crippen LogP contribution < -0.4 is 11.1 Å². The number of rotatable bonds is 8. The Morgan fingerprint density at radius 2 is 2.08 bits per heavy atom. The molecule has 3 N–H and O–H groups in total. The molecule has 0 spiro atoms. The summed E-state index contributed by atoms with van der Waals surface area (Å²) >= 11 is 1.46. The third kappa shape index (κ3) is 4.74. The van der Waals surface area contributed by atoms with Gasteiger partial charge in [0.2, 0.25) is 0 Å². The Balaban J connectivity index is 1.54. The lowest BCUT2D eigenvalue weighted by Gasteiger charge is -2.08. The van der Waals surface area contributed by atoms with Gasteiger partial charge in [-0.3, -0.25) is 4.79 Å². The SMILES string of the molecule is NCCc1nc(C(=O)NCc2nccn2CCc2ccccc2)cs1. The average molecular weight is 355 g/mol. The number of amides is 1. The zero-order valence-corrected chi connectivity index (χ0v) is 14.7. The zero-order chi connectivity index (χ0) is 17.5. The monoisotopic (exact) mass is 355 g/mol. The third-order valence-corrected chi connectivity index (χ3v) is 4.74. The van der Waals surface area contributed by atoms with Crippen LogP contribution in [0.4, 0.5) is 0 Å². The number of nitrogens with one attached hydrogen (secondary N) is 1. The van der Waals surface area contributed by atoms with Crippen LogP contribution in [0.25, 0.3) is 0 Å². The van der Waals surface area contributed by atoms with E-state index in [0.29, 0.717) is 25.2 Å². The van der Waals surface area contributed by atoms with Crippen molar-refractivity contribution in [3.05, 3.63) is 70.2 Å². The van der Waals surface area contributed by atoms with E-state index in [4.69, 9.17) is 5.73 Å². The van der Waals surface area contributed by atoms with Crippen LogP contribution in [0.15, 0.2) is 48.1 Å². The average Bonchev–Trinajstić information content (AvgIpc) is 3.28. The van der Waals surface area contributed by atoms with E-state index < -0.39 is 0 Å². The van der Waals surface area contributed by atoms with Crippen LogP contribution in [0.2, 0.25) is 0 Å². The van der Waals surface area contributed by atoms with Crippen molar-refractivity contribution < 1.29 is 4.79 Å². The molecule has 130 valence electrons. The number of carbonyl (C=O) groups excluding carboxylic acids is 1. The molecule has 0 aliphatic carbocycles. The minimum atomic E-state index is -0.183. The van der Waals surface area contributed by atoms with E-state index >= 15 is 0 Å². The quantitative estimate of drug-likeness (QED) is 0.647. The molecule has 3 aromatic rings. The van der Waals surface area contributed by atoms with Crippen LogP contribution in [0, 0.1) is 0 Å². The predicted molar refractivity (Wildman–Crippen MR) is 98.4 cm³/mol. The van der Waals surface area contributed by atoms with Gasteiger partial charge in [0.15, 0.2) is 0 Å². The minimum Gasteiger partial charge on any atom is -0.343 e. The first-order chi connectivity index (χ1) is 12.3. The molecule has 1 amide bonds. The van der Waals surface area contributed by atoms with Gasteiger partial charge in [0.1, 0.15) is 11.5 Å². The number of hydrogen-bond donors (Lipinski definition) is 2. The highest BCUT2D eigenvalue weighted by atomic mass is 32.1. The van der Waals surface area contributed by atoms with Gasteiger partial charge in [-0.05, 0) is 18.5 Å². The first-order valence-electron chi connectivity index (χ1n) is 8.23. The van der Waals surface area contributed by atoms with Gasteiger partial charge in [-0.2, -0.15) is 0 Å². The maximum absolute atomic E-state index is 12.2. The Morgan fingerprint density at radius 3 is 2.88 bits per heavy atom. The Kier molecular flexibility index (Phi) is 5.92. The number of thiazole rings is 1. The number of nitrogens with two attached hydrogens (primary N) is 1. The largest absolute Gasteiger partial charge is 0.343 e. The summed E-state index contributed by atoms with van der Waals surface area (Å²) in [7, 11) is 0. The Hall–Kier alpha value is -2.51. The molecular formula is C18H21N5OS. The number of benzene rings is 1. The van der Waals surface area contributed by atoms with Crippen LogP contribution in [-0.2, 0) is 25.9 Å². The summed E-state index contributed by atoms with van der Waals surface area (Å²) in [6.45, 7) is 1.74. The van der Waals surface area contributed by atoms with Crippen LogP contribution in [-0.4, -0.2) is 27.0 Å². The Labute approximate surface area is 150 Å².